The van der Waals surface area contributed by atoms with E-state index in [0.717, 1.165) is 6.20 Å². The summed E-state index contributed by atoms with van der Waals surface area (Å²) in [6, 6.07) is 1.72. The average molecular weight is 195 g/mol. The quantitative estimate of drug-likeness (QED) is 0.577. The van der Waals surface area contributed by atoms with Gasteiger partial charge in [-0.15, -0.1) is 0 Å². The average Bonchev–Trinajstić information content (AvgIpc) is 2.18. The smallest absolute Gasteiger partial charge is 0.266 e. The number of aliphatic hydroxyl groups is 2. The molecule has 0 aliphatic heterocycles. The molecule has 1 rings (SSSR count). The number of aromatic amines is 1. The number of hydrogen-bond donors (Lipinski definition) is 3. The Labute approximate surface area is 79.5 Å². The largest absolute Gasteiger partial charge is 0.389 e. The third-order valence-corrected chi connectivity index (χ3v) is 1.66. The SMILES string of the molecule is N#CCC(O)C(O)c1c[nH]c(=O)cn1. The summed E-state index contributed by atoms with van der Waals surface area (Å²) in [6.45, 7) is 0. The molecule has 6 heteroatoms. The molecule has 2 atom stereocenters. The van der Waals surface area contributed by atoms with Crippen molar-refractivity contribution in [3.05, 3.63) is 28.4 Å². The molecule has 0 saturated heterocycles. The van der Waals surface area contributed by atoms with E-state index in [2.05, 4.69) is 9.97 Å². The highest BCUT2D eigenvalue weighted by Gasteiger charge is 2.19. The normalized spacial score (nSPS) is 14.4. The highest BCUT2D eigenvalue weighted by atomic mass is 16.3. The van der Waals surface area contributed by atoms with E-state index in [1.807, 2.05) is 0 Å². The lowest BCUT2D eigenvalue weighted by Crippen LogP contribution is -2.20. The minimum Gasteiger partial charge on any atom is -0.389 e. The van der Waals surface area contributed by atoms with Crippen LogP contribution in [0.3, 0.4) is 0 Å². The fraction of sp³-hybridized carbons (Fsp3) is 0.375. The summed E-state index contributed by atoms with van der Waals surface area (Å²) in [4.78, 5) is 16.5. The lowest BCUT2D eigenvalue weighted by atomic mass is 10.1. The summed E-state index contributed by atoms with van der Waals surface area (Å²) in [5.74, 6) is 0. The van der Waals surface area contributed by atoms with E-state index >= 15 is 0 Å². The molecule has 1 aromatic heterocycles. The first kappa shape index (κ1) is 10.4. The third-order valence-electron chi connectivity index (χ3n) is 1.66. The molecule has 6 nitrogen and oxygen atoms in total. The predicted octanol–water partition coefficient (Wildman–Crippen LogP) is -0.922. The van der Waals surface area contributed by atoms with Crippen molar-refractivity contribution < 1.29 is 10.2 Å². The molecule has 0 aliphatic carbocycles. The fourth-order valence-electron chi connectivity index (χ4n) is 0.917. The topological polar surface area (TPSA) is 110 Å². The van der Waals surface area contributed by atoms with Crippen molar-refractivity contribution >= 4 is 0 Å². The van der Waals surface area contributed by atoms with Crippen molar-refractivity contribution in [1.29, 1.82) is 5.26 Å². The Morgan fingerprint density at radius 1 is 1.64 bits per heavy atom. The molecule has 0 amide bonds. The predicted molar refractivity (Wildman–Crippen MR) is 46.1 cm³/mol. The number of hydrogen-bond acceptors (Lipinski definition) is 5. The molecule has 14 heavy (non-hydrogen) atoms. The summed E-state index contributed by atoms with van der Waals surface area (Å²) >= 11 is 0. The van der Waals surface area contributed by atoms with Crippen molar-refractivity contribution in [3.63, 3.8) is 0 Å². The lowest BCUT2D eigenvalue weighted by Gasteiger charge is -2.13. The van der Waals surface area contributed by atoms with Gasteiger partial charge in [0.2, 0.25) is 0 Å². The monoisotopic (exact) mass is 195 g/mol. The number of aliphatic hydroxyl groups excluding tert-OH is 2. The fourth-order valence-corrected chi connectivity index (χ4v) is 0.917. The Hall–Kier alpha value is -1.71. The molecule has 0 aliphatic rings. The van der Waals surface area contributed by atoms with Crippen LogP contribution in [0.15, 0.2) is 17.2 Å². The summed E-state index contributed by atoms with van der Waals surface area (Å²) in [5, 5.41) is 26.9. The van der Waals surface area contributed by atoms with Crippen LogP contribution in [0, 0.1) is 11.3 Å². The van der Waals surface area contributed by atoms with Gasteiger partial charge in [-0.3, -0.25) is 9.78 Å². The minimum absolute atomic E-state index is 0.132. The first-order valence-electron chi connectivity index (χ1n) is 3.93. The molecule has 0 saturated carbocycles. The zero-order chi connectivity index (χ0) is 10.6. The lowest BCUT2D eigenvalue weighted by molar-refractivity contribution is 0.0187. The van der Waals surface area contributed by atoms with Gasteiger partial charge in [0.25, 0.3) is 5.56 Å². The van der Waals surface area contributed by atoms with Crippen molar-refractivity contribution in [3.8, 4) is 6.07 Å². The van der Waals surface area contributed by atoms with E-state index in [0.29, 0.717) is 0 Å². The molecule has 2 unspecified atom stereocenters. The van der Waals surface area contributed by atoms with E-state index in [4.69, 9.17) is 5.26 Å². The number of rotatable bonds is 3. The molecule has 1 heterocycles. The summed E-state index contributed by atoms with van der Waals surface area (Å²) in [5.41, 5.74) is -0.261. The van der Waals surface area contributed by atoms with Gasteiger partial charge in [0.15, 0.2) is 0 Å². The summed E-state index contributed by atoms with van der Waals surface area (Å²) in [6.07, 6.45) is -0.447. The number of nitrogens with one attached hydrogen (secondary N) is 1. The van der Waals surface area contributed by atoms with Crippen LogP contribution in [-0.2, 0) is 0 Å². The van der Waals surface area contributed by atoms with Gasteiger partial charge in [0.1, 0.15) is 6.10 Å². The Bertz CT molecular complexity index is 375. The number of H-pyrrole nitrogens is 1. The second-order valence-electron chi connectivity index (χ2n) is 2.71. The Morgan fingerprint density at radius 3 is 2.86 bits per heavy atom. The highest BCUT2D eigenvalue weighted by Crippen LogP contribution is 2.14. The molecule has 0 radical (unpaired) electrons. The highest BCUT2D eigenvalue weighted by molar-refractivity contribution is 5.02. The van der Waals surface area contributed by atoms with Crippen molar-refractivity contribution in [2.24, 2.45) is 0 Å². The van der Waals surface area contributed by atoms with Crippen LogP contribution in [0.1, 0.15) is 18.2 Å². The van der Waals surface area contributed by atoms with Crippen LogP contribution in [0.4, 0.5) is 0 Å². The maximum Gasteiger partial charge on any atom is 0.266 e. The van der Waals surface area contributed by atoms with E-state index < -0.39 is 17.8 Å². The standard InChI is InChI=1S/C8H9N3O3/c9-2-1-6(12)8(14)5-3-11-7(13)4-10-5/h3-4,6,8,12,14H,1H2,(H,11,13). The van der Waals surface area contributed by atoms with Crippen LogP contribution >= 0.6 is 0 Å². The summed E-state index contributed by atoms with van der Waals surface area (Å²) in [7, 11) is 0. The van der Waals surface area contributed by atoms with Gasteiger partial charge < -0.3 is 15.2 Å². The van der Waals surface area contributed by atoms with Gasteiger partial charge in [0.05, 0.1) is 30.5 Å². The van der Waals surface area contributed by atoms with Crippen LogP contribution in [0.25, 0.3) is 0 Å². The van der Waals surface area contributed by atoms with E-state index in [9.17, 15) is 15.0 Å². The van der Waals surface area contributed by atoms with Gasteiger partial charge in [-0.05, 0) is 0 Å². The molecule has 3 N–H and O–H groups in total. The zero-order valence-electron chi connectivity index (χ0n) is 7.21. The molecule has 0 aromatic carbocycles. The van der Waals surface area contributed by atoms with Gasteiger partial charge in [-0.2, -0.15) is 5.26 Å². The van der Waals surface area contributed by atoms with Crippen molar-refractivity contribution in [2.75, 3.05) is 0 Å². The molecular formula is C8H9N3O3. The first-order chi connectivity index (χ1) is 6.65. The van der Waals surface area contributed by atoms with Gasteiger partial charge in [-0.25, -0.2) is 0 Å². The minimum atomic E-state index is -1.26. The molecule has 74 valence electrons. The molecule has 0 fully saturated rings. The van der Waals surface area contributed by atoms with Gasteiger partial charge in [-0.1, -0.05) is 0 Å². The molecule has 0 spiro atoms. The van der Waals surface area contributed by atoms with Crippen LogP contribution in [0.5, 0.6) is 0 Å². The summed E-state index contributed by atoms with van der Waals surface area (Å²) < 4.78 is 0. The van der Waals surface area contributed by atoms with E-state index in [-0.39, 0.29) is 12.1 Å². The van der Waals surface area contributed by atoms with Crippen LogP contribution < -0.4 is 5.56 Å². The second-order valence-corrected chi connectivity index (χ2v) is 2.71. The van der Waals surface area contributed by atoms with Crippen molar-refractivity contribution in [1.82, 2.24) is 9.97 Å². The zero-order valence-corrected chi connectivity index (χ0v) is 7.21. The number of nitriles is 1. The second kappa shape index (κ2) is 4.50. The first-order valence-corrected chi connectivity index (χ1v) is 3.93. The van der Waals surface area contributed by atoms with Gasteiger partial charge >= 0.3 is 0 Å². The Morgan fingerprint density at radius 2 is 2.36 bits per heavy atom. The molecular weight excluding hydrogens is 186 g/mol. The maximum atomic E-state index is 10.6. The van der Waals surface area contributed by atoms with Crippen molar-refractivity contribution in [2.45, 2.75) is 18.6 Å². The third kappa shape index (κ3) is 2.39. The van der Waals surface area contributed by atoms with E-state index in [1.165, 1.54) is 6.20 Å². The van der Waals surface area contributed by atoms with Crippen LogP contribution in [-0.4, -0.2) is 26.3 Å². The number of aromatic nitrogens is 2. The Kier molecular flexibility index (Phi) is 3.34. The maximum absolute atomic E-state index is 10.6. The van der Waals surface area contributed by atoms with E-state index in [1.54, 1.807) is 6.07 Å². The number of nitrogens with zero attached hydrogens (tertiary/aromatic N) is 2. The molecule has 0 bridgehead atoms. The van der Waals surface area contributed by atoms with Gasteiger partial charge in [0, 0.05) is 6.20 Å². The van der Waals surface area contributed by atoms with Crippen LogP contribution in [0.2, 0.25) is 0 Å². The Balaban J connectivity index is 2.79. The molecule has 1 aromatic rings.